The highest BCUT2D eigenvalue weighted by atomic mass is 19.4. The molecule has 0 unspecified atom stereocenters. The van der Waals surface area contributed by atoms with Crippen LogP contribution in [0.15, 0.2) is 42.5 Å². The van der Waals surface area contributed by atoms with Crippen molar-refractivity contribution in [1.82, 2.24) is 19.7 Å². The first-order valence-corrected chi connectivity index (χ1v) is 6.90. The maximum atomic E-state index is 13.2. The molecule has 4 nitrogen and oxygen atoms in total. The van der Waals surface area contributed by atoms with Crippen molar-refractivity contribution < 1.29 is 13.2 Å². The predicted octanol–water partition coefficient (Wildman–Crippen LogP) is 3.96. The molecule has 0 saturated heterocycles. The zero-order chi connectivity index (χ0) is 16.6. The highest BCUT2D eigenvalue weighted by Gasteiger charge is 2.34. The van der Waals surface area contributed by atoms with Gasteiger partial charge < -0.3 is 0 Å². The van der Waals surface area contributed by atoms with Crippen LogP contribution in [0.25, 0.3) is 17.2 Å². The Balaban J connectivity index is 2.22. The van der Waals surface area contributed by atoms with Gasteiger partial charge in [-0.15, -0.1) is 0 Å². The van der Waals surface area contributed by atoms with Gasteiger partial charge in [0, 0.05) is 17.3 Å². The monoisotopic (exact) mass is 318 g/mol. The third-order valence-corrected chi connectivity index (χ3v) is 3.26. The Bertz CT molecular complexity index is 838. The van der Waals surface area contributed by atoms with Crippen LogP contribution in [-0.2, 0) is 6.18 Å². The zero-order valence-electron chi connectivity index (χ0n) is 12.5. The summed E-state index contributed by atoms with van der Waals surface area (Å²) in [5.41, 5.74) is 0.930. The van der Waals surface area contributed by atoms with Crippen molar-refractivity contribution in [2.45, 2.75) is 20.0 Å². The van der Waals surface area contributed by atoms with Gasteiger partial charge in [-0.05, 0) is 19.9 Å². The molecule has 0 aliphatic rings. The van der Waals surface area contributed by atoms with Crippen LogP contribution in [0.2, 0.25) is 0 Å². The van der Waals surface area contributed by atoms with E-state index in [2.05, 4.69) is 15.1 Å². The first kappa shape index (κ1) is 15.2. The van der Waals surface area contributed by atoms with Gasteiger partial charge in [0.15, 0.2) is 17.3 Å². The molecule has 23 heavy (non-hydrogen) atoms. The molecule has 0 saturated carbocycles. The van der Waals surface area contributed by atoms with Gasteiger partial charge in [-0.1, -0.05) is 30.3 Å². The number of aromatic nitrogens is 4. The van der Waals surface area contributed by atoms with Crippen LogP contribution in [0.4, 0.5) is 13.2 Å². The molecule has 0 bridgehead atoms. The molecule has 3 aromatic rings. The van der Waals surface area contributed by atoms with Crippen molar-refractivity contribution in [1.29, 1.82) is 0 Å². The SMILES string of the molecule is Cc1cc(C)n(-c2cc(C(F)(F)F)nc(-c3ccccc3)n2)n1. The molecule has 7 heteroatoms. The second-order valence-corrected chi connectivity index (χ2v) is 5.14. The fourth-order valence-electron chi connectivity index (χ4n) is 2.27. The number of aryl methyl sites for hydroxylation is 2. The van der Waals surface area contributed by atoms with Gasteiger partial charge in [0.05, 0.1) is 5.69 Å². The molecule has 0 aliphatic heterocycles. The third-order valence-electron chi connectivity index (χ3n) is 3.26. The Morgan fingerprint density at radius 2 is 1.65 bits per heavy atom. The number of hydrogen-bond donors (Lipinski definition) is 0. The van der Waals surface area contributed by atoms with Gasteiger partial charge in [0.2, 0.25) is 0 Å². The van der Waals surface area contributed by atoms with Crippen molar-refractivity contribution in [3.8, 4) is 17.2 Å². The maximum absolute atomic E-state index is 13.2. The van der Waals surface area contributed by atoms with Crippen LogP contribution in [-0.4, -0.2) is 19.7 Å². The summed E-state index contributed by atoms with van der Waals surface area (Å²) in [6, 6.07) is 11.2. The summed E-state index contributed by atoms with van der Waals surface area (Å²) >= 11 is 0. The number of alkyl halides is 3. The zero-order valence-corrected chi connectivity index (χ0v) is 12.5. The van der Waals surface area contributed by atoms with E-state index in [0.29, 0.717) is 17.0 Å². The molecule has 2 aromatic heterocycles. The van der Waals surface area contributed by atoms with Crippen molar-refractivity contribution in [3.63, 3.8) is 0 Å². The smallest absolute Gasteiger partial charge is 0.223 e. The topological polar surface area (TPSA) is 43.6 Å². The minimum atomic E-state index is -4.56. The number of benzene rings is 1. The first-order chi connectivity index (χ1) is 10.8. The normalized spacial score (nSPS) is 11.7. The number of hydrogen-bond acceptors (Lipinski definition) is 3. The molecular formula is C16H13F3N4. The lowest BCUT2D eigenvalue weighted by molar-refractivity contribution is -0.141. The molecule has 0 amide bonds. The summed E-state index contributed by atoms with van der Waals surface area (Å²) in [4.78, 5) is 7.91. The van der Waals surface area contributed by atoms with Gasteiger partial charge in [-0.25, -0.2) is 14.6 Å². The standard InChI is InChI=1S/C16H13F3N4/c1-10-8-11(2)23(22-10)14-9-13(16(17,18)19)20-15(21-14)12-6-4-3-5-7-12/h3-9H,1-2H3. The van der Waals surface area contributed by atoms with Crippen molar-refractivity contribution in [2.75, 3.05) is 0 Å². The van der Waals surface area contributed by atoms with Gasteiger partial charge in [0.25, 0.3) is 0 Å². The molecule has 0 atom stereocenters. The summed E-state index contributed by atoms with van der Waals surface area (Å²) < 4.78 is 40.9. The second kappa shape index (κ2) is 5.49. The van der Waals surface area contributed by atoms with E-state index in [1.54, 1.807) is 50.2 Å². The Morgan fingerprint density at radius 3 is 2.22 bits per heavy atom. The molecule has 0 N–H and O–H groups in total. The maximum Gasteiger partial charge on any atom is 0.433 e. The summed E-state index contributed by atoms with van der Waals surface area (Å²) in [7, 11) is 0. The van der Waals surface area contributed by atoms with E-state index in [1.807, 2.05) is 0 Å². The van der Waals surface area contributed by atoms with Crippen LogP contribution < -0.4 is 0 Å². The van der Waals surface area contributed by atoms with Gasteiger partial charge >= 0.3 is 6.18 Å². The summed E-state index contributed by atoms with van der Waals surface area (Å²) in [5, 5.41) is 4.20. The van der Waals surface area contributed by atoms with Crippen LogP contribution >= 0.6 is 0 Å². The van der Waals surface area contributed by atoms with Crippen molar-refractivity contribution in [3.05, 3.63) is 59.5 Å². The van der Waals surface area contributed by atoms with Gasteiger partial charge in [-0.2, -0.15) is 18.3 Å². The van der Waals surface area contributed by atoms with Crippen molar-refractivity contribution >= 4 is 0 Å². The highest BCUT2D eigenvalue weighted by Crippen LogP contribution is 2.30. The largest absolute Gasteiger partial charge is 0.433 e. The third kappa shape index (κ3) is 3.08. The van der Waals surface area contributed by atoms with Gasteiger partial charge in [0.1, 0.15) is 0 Å². The highest BCUT2D eigenvalue weighted by molar-refractivity contribution is 5.56. The molecular weight excluding hydrogens is 305 g/mol. The molecule has 118 valence electrons. The summed E-state index contributed by atoms with van der Waals surface area (Å²) in [5.74, 6) is 0.111. The fraction of sp³-hybridized carbons (Fsp3) is 0.188. The molecule has 3 rings (SSSR count). The number of halogens is 3. The number of rotatable bonds is 2. The lowest BCUT2D eigenvalue weighted by Gasteiger charge is -2.11. The lowest BCUT2D eigenvalue weighted by Crippen LogP contribution is -2.13. The summed E-state index contributed by atoms with van der Waals surface area (Å²) in [6.07, 6.45) is -4.56. The molecule has 2 heterocycles. The van der Waals surface area contributed by atoms with E-state index in [-0.39, 0.29) is 11.6 Å². The van der Waals surface area contributed by atoms with Crippen LogP contribution in [0.3, 0.4) is 0 Å². The van der Waals surface area contributed by atoms with E-state index < -0.39 is 11.9 Å². The van der Waals surface area contributed by atoms with Crippen molar-refractivity contribution in [2.24, 2.45) is 0 Å². The average Bonchev–Trinajstić information content (AvgIpc) is 2.85. The number of nitrogens with zero attached hydrogens (tertiary/aromatic N) is 4. The fourth-order valence-corrected chi connectivity index (χ4v) is 2.27. The molecule has 0 spiro atoms. The summed E-state index contributed by atoms with van der Waals surface area (Å²) in [6.45, 7) is 3.53. The van der Waals surface area contributed by atoms with Crippen LogP contribution in [0.1, 0.15) is 17.1 Å². The van der Waals surface area contributed by atoms with Gasteiger partial charge in [-0.3, -0.25) is 0 Å². The molecule has 0 aliphatic carbocycles. The van der Waals surface area contributed by atoms with E-state index in [9.17, 15) is 13.2 Å². The Kier molecular flexibility index (Phi) is 3.63. The second-order valence-electron chi connectivity index (χ2n) is 5.14. The van der Waals surface area contributed by atoms with Crippen LogP contribution in [0, 0.1) is 13.8 Å². The Labute approximate surface area is 130 Å². The van der Waals surface area contributed by atoms with E-state index in [1.165, 1.54) is 4.68 Å². The molecule has 0 radical (unpaired) electrons. The minimum absolute atomic E-state index is 0.0166. The lowest BCUT2D eigenvalue weighted by atomic mass is 10.2. The van der Waals surface area contributed by atoms with E-state index in [4.69, 9.17) is 0 Å². The van der Waals surface area contributed by atoms with E-state index >= 15 is 0 Å². The van der Waals surface area contributed by atoms with E-state index in [0.717, 1.165) is 6.07 Å². The van der Waals surface area contributed by atoms with Crippen LogP contribution in [0.5, 0.6) is 0 Å². The Hall–Kier alpha value is -2.70. The average molecular weight is 318 g/mol. The molecule has 1 aromatic carbocycles. The predicted molar refractivity (Wildman–Crippen MR) is 79.1 cm³/mol. The Morgan fingerprint density at radius 1 is 0.957 bits per heavy atom. The first-order valence-electron chi connectivity index (χ1n) is 6.90. The minimum Gasteiger partial charge on any atom is -0.223 e. The quantitative estimate of drug-likeness (QED) is 0.718. The molecule has 0 fully saturated rings.